The number of benzene rings is 1. The van der Waals surface area contributed by atoms with E-state index < -0.39 is 5.60 Å². The van der Waals surface area contributed by atoms with E-state index in [4.69, 9.17) is 4.84 Å². The SMILES string of the molecule is C[C@]1(C(=O)NCc2cccnc2)CC(c2ccc(F)cc2)=NO1. The minimum absolute atomic E-state index is 0.248. The summed E-state index contributed by atoms with van der Waals surface area (Å²) in [5.41, 5.74) is 1.22. The number of hydrogen-bond acceptors (Lipinski definition) is 4. The molecule has 1 aromatic carbocycles. The molecule has 0 aliphatic carbocycles. The van der Waals surface area contributed by atoms with Crippen LogP contribution in [0.15, 0.2) is 53.9 Å². The van der Waals surface area contributed by atoms with Gasteiger partial charge in [-0.05, 0) is 36.2 Å². The Bertz CT molecular complexity index is 731. The predicted molar refractivity (Wildman–Crippen MR) is 83.1 cm³/mol. The molecule has 2 heterocycles. The van der Waals surface area contributed by atoms with Crippen LogP contribution in [0.4, 0.5) is 4.39 Å². The Morgan fingerprint density at radius 2 is 2.13 bits per heavy atom. The van der Waals surface area contributed by atoms with Crippen molar-refractivity contribution >= 4 is 11.6 Å². The fourth-order valence-electron chi connectivity index (χ4n) is 2.33. The number of halogens is 1. The third kappa shape index (κ3) is 3.36. The molecule has 118 valence electrons. The number of aromatic nitrogens is 1. The van der Waals surface area contributed by atoms with Gasteiger partial charge in [0.2, 0.25) is 5.60 Å². The van der Waals surface area contributed by atoms with Gasteiger partial charge in [0.05, 0.1) is 5.71 Å². The van der Waals surface area contributed by atoms with E-state index >= 15 is 0 Å². The van der Waals surface area contributed by atoms with Crippen LogP contribution >= 0.6 is 0 Å². The number of pyridine rings is 1. The first kappa shape index (κ1) is 15.1. The Hall–Kier alpha value is -2.76. The molecule has 0 unspecified atom stereocenters. The molecule has 23 heavy (non-hydrogen) atoms. The minimum atomic E-state index is -1.06. The van der Waals surface area contributed by atoms with Crippen LogP contribution in [0.25, 0.3) is 0 Å². The van der Waals surface area contributed by atoms with Crippen LogP contribution in [0.3, 0.4) is 0 Å². The summed E-state index contributed by atoms with van der Waals surface area (Å²) >= 11 is 0. The zero-order valence-corrected chi connectivity index (χ0v) is 12.6. The molecule has 0 spiro atoms. The highest BCUT2D eigenvalue weighted by Crippen LogP contribution is 2.27. The van der Waals surface area contributed by atoms with Crippen molar-refractivity contribution in [2.24, 2.45) is 5.16 Å². The topological polar surface area (TPSA) is 63.6 Å². The molecule has 1 aromatic heterocycles. The van der Waals surface area contributed by atoms with Gasteiger partial charge in [-0.15, -0.1) is 0 Å². The van der Waals surface area contributed by atoms with Gasteiger partial charge < -0.3 is 10.2 Å². The van der Waals surface area contributed by atoms with Crippen molar-refractivity contribution in [3.05, 3.63) is 65.7 Å². The quantitative estimate of drug-likeness (QED) is 0.943. The fraction of sp³-hybridized carbons (Fsp3) is 0.235. The lowest BCUT2D eigenvalue weighted by molar-refractivity contribution is -0.141. The van der Waals surface area contributed by atoms with Gasteiger partial charge in [-0.1, -0.05) is 23.4 Å². The molecule has 2 aromatic rings. The average Bonchev–Trinajstić information content (AvgIpc) is 2.98. The molecule has 0 radical (unpaired) electrons. The van der Waals surface area contributed by atoms with Crippen LogP contribution < -0.4 is 5.32 Å². The van der Waals surface area contributed by atoms with Crippen LogP contribution in [-0.4, -0.2) is 22.2 Å². The minimum Gasteiger partial charge on any atom is -0.379 e. The van der Waals surface area contributed by atoms with E-state index in [-0.39, 0.29) is 11.7 Å². The molecule has 1 N–H and O–H groups in total. The lowest BCUT2D eigenvalue weighted by atomic mass is 9.95. The number of rotatable bonds is 4. The maximum absolute atomic E-state index is 13.0. The van der Waals surface area contributed by atoms with Gasteiger partial charge in [0.1, 0.15) is 5.82 Å². The number of oxime groups is 1. The Kier molecular flexibility index (Phi) is 4.06. The maximum Gasteiger partial charge on any atom is 0.267 e. The summed E-state index contributed by atoms with van der Waals surface area (Å²) in [6, 6.07) is 9.65. The molecule has 5 nitrogen and oxygen atoms in total. The summed E-state index contributed by atoms with van der Waals surface area (Å²) in [6.07, 6.45) is 3.70. The van der Waals surface area contributed by atoms with Crippen molar-refractivity contribution < 1.29 is 14.0 Å². The highest BCUT2D eigenvalue weighted by atomic mass is 19.1. The molecule has 1 aliphatic rings. The fourth-order valence-corrected chi connectivity index (χ4v) is 2.33. The molecular formula is C17H16FN3O2. The second-order valence-corrected chi connectivity index (χ2v) is 5.59. The number of amides is 1. The second-order valence-electron chi connectivity index (χ2n) is 5.59. The standard InChI is InChI=1S/C17H16FN3O2/c1-17(16(22)20-11-12-3-2-8-19-10-12)9-15(21-23-17)13-4-6-14(18)7-5-13/h2-8,10H,9,11H2,1H3,(H,20,22)/t17-/m1/s1. The summed E-state index contributed by atoms with van der Waals surface area (Å²) in [4.78, 5) is 21.7. The van der Waals surface area contributed by atoms with Crippen molar-refractivity contribution in [3.8, 4) is 0 Å². The number of hydrogen-bond donors (Lipinski definition) is 1. The van der Waals surface area contributed by atoms with E-state index in [2.05, 4.69) is 15.5 Å². The first-order valence-electron chi connectivity index (χ1n) is 7.25. The number of carbonyl (C=O) groups excluding carboxylic acids is 1. The Morgan fingerprint density at radius 3 is 2.83 bits per heavy atom. The number of carbonyl (C=O) groups is 1. The van der Waals surface area contributed by atoms with Crippen molar-refractivity contribution in [2.75, 3.05) is 0 Å². The highest BCUT2D eigenvalue weighted by Gasteiger charge is 2.42. The summed E-state index contributed by atoms with van der Waals surface area (Å²) in [5, 5.41) is 6.81. The summed E-state index contributed by atoms with van der Waals surface area (Å²) in [6.45, 7) is 2.06. The third-order valence-electron chi connectivity index (χ3n) is 3.70. The van der Waals surface area contributed by atoms with Crippen molar-refractivity contribution in [1.29, 1.82) is 0 Å². The largest absolute Gasteiger partial charge is 0.379 e. The van der Waals surface area contributed by atoms with Crippen molar-refractivity contribution in [2.45, 2.75) is 25.5 Å². The van der Waals surface area contributed by atoms with E-state index in [1.165, 1.54) is 12.1 Å². The first-order chi connectivity index (χ1) is 11.1. The molecule has 6 heteroatoms. The lowest BCUT2D eigenvalue weighted by Crippen LogP contribution is -2.44. The van der Waals surface area contributed by atoms with Crippen LogP contribution in [0.2, 0.25) is 0 Å². The number of nitrogens with zero attached hydrogens (tertiary/aromatic N) is 2. The Morgan fingerprint density at radius 1 is 1.35 bits per heavy atom. The van der Waals surface area contributed by atoms with E-state index in [0.717, 1.165) is 11.1 Å². The van der Waals surface area contributed by atoms with E-state index in [9.17, 15) is 9.18 Å². The van der Waals surface area contributed by atoms with Gasteiger partial charge >= 0.3 is 0 Å². The molecule has 1 amide bonds. The molecule has 0 saturated heterocycles. The van der Waals surface area contributed by atoms with Gasteiger partial charge in [0, 0.05) is 25.4 Å². The zero-order chi connectivity index (χ0) is 16.3. The molecular weight excluding hydrogens is 297 g/mol. The van der Waals surface area contributed by atoms with Gasteiger partial charge in [-0.3, -0.25) is 9.78 Å². The van der Waals surface area contributed by atoms with Crippen LogP contribution in [-0.2, 0) is 16.2 Å². The third-order valence-corrected chi connectivity index (χ3v) is 3.70. The Labute approximate surface area is 133 Å². The van der Waals surface area contributed by atoms with Crippen molar-refractivity contribution in [1.82, 2.24) is 10.3 Å². The number of nitrogens with one attached hydrogen (secondary N) is 1. The van der Waals surface area contributed by atoms with Crippen LogP contribution in [0.1, 0.15) is 24.5 Å². The van der Waals surface area contributed by atoms with Gasteiger partial charge in [0.15, 0.2) is 0 Å². The predicted octanol–water partition coefficient (Wildman–Crippen LogP) is 2.42. The average molecular weight is 313 g/mol. The van der Waals surface area contributed by atoms with Crippen LogP contribution in [0, 0.1) is 5.82 Å². The second kappa shape index (κ2) is 6.16. The monoisotopic (exact) mass is 313 g/mol. The van der Waals surface area contributed by atoms with E-state index in [1.807, 2.05) is 12.1 Å². The highest BCUT2D eigenvalue weighted by molar-refractivity contribution is 6.05. The summed E-state index contributed by atoms with van der Waals surface area (Å²) < 4.78 is 13.0. The molecule has 1 aliphatic heterocycles. The summed E-state index contributed by atoms with van der Waals surface area (Å²) in [5.74, 6) is -0.563. The van der Waals surface area contributed by atoms with E-state index in [1.54, 1.807) is 31.5 Å². The Balaban J connectivity index is 1.62. The normalized spacial score (nSPS) is 19.8. The first-order valence-corrected chi connectivity index (χ1v) is 7.25. The molecule has 0 bridgehead atoms. The molecule has 3 rings (SSSR count). The van der Waals surface area contributed by atoms with Crippen LogP contribution in [0.5, 0.6) is 0 Å². The lowest BCUT2D eigenvalue weighted by Gasteiger charge is -2.20. The molecule has 0 fully saturated rings. The van der Waals surface area contributed by atoms with Gasteiger partial charge in [-0.25, -0.2) is 4.39 Å². The van der Waals surface area contributed by atoms with Crippen molar-refractivity contribution in [3.63, 3.8) is 0 Å². The zero-order valence-electron chi connectivity index (χ0n) is 12.6. The smallest absolute Gasteiger partial charge is 0.267 e. The molecule has 0 saturated carbocycles. The van der Waals surface area contributed by atoms with Gasteiger partial charge in [0.25, 0.3) is 5.91 Å². The van der Waals surface area contributed by atoms with Gasteiger partial charge in [-0.2, -0.15) is 0 Å². The van der Waals surface area contributed by atoms with E-state index in [0.29, 0.717) is 18.7 Å². The maximum atomic E-state index is 13.0. The molecule has 1 atom stereocenters. The summed E-state index contributed by atoms with van der Waals surface area (Å²) in [7, 11) is 0.